The molecule has 50 valence electrons. The molecule has 1 fully saturated rings. The largest absolute Gasteiger partial charge is 0.269 e. The average Bonchev–Trinajstić information content (AvgIpc) is 1.69. The SMILES string of the molecule is Br.NN1CCCCC1. The highest BCUT2D eigenvalue weighted by molar-refractivity contribution is 8.93. The van der Waals surface area contributed by atoms with E-state index in [9.17, 15) is 0 Å². The molecule has 1 aliphatic rings. The molecule has 0 unspecified atom stereocenters. The number of hydrazine groups is 1. The molecule has 0 aromatic rings. The van der Waals surface area contributed by atoms with Crippen molar-refractivity contribution < 1.29 is 0 Å². The smallest absolute Gasteiger partial charge is 0.0128 e. The van der Waals surface area contributed by atoms with Gasteiger partial charge in [0.25, 0.3) is 0 Å². The first-order valence-corrected chi connectivity index (χ1v) is 2.89. The molecule has 2 N–H and O–H groups in total. The summed E-state index contributed by atoms with van der Waals surface area (Å²) in [6, 6.07) is 0. The number of piperidine rings is 1. The van der Waals surface area contributed by atoms with Crippen molar-refractivity contribution in [1.82, 2.24) is 5.01 Å². The van der Waals surface area contributed by atoms with Crippen LogP contribution in [0.1, 0.15) is 19.3 Å². The second kappa shape index (κ2) is 4.30. The molecule has 0 atom stereocenters. The van der Waals surface area contributed by atoms with Gasteiger partial charge in [-0.2, -0.15) is 0 Å². The molecular formula is C5H13BrN2. The molecule has 1 rings (SSSR count). The molecule has 0 spiro atoms. The third kappa shape index (κ3) is 2.64. The van der Waals surface area contributed by atoms with E-state index in [0.29, 0.717) is 0 Å². The molecular weight excluding hydrogens is 168 g/mol. The minimum Gasteiger partial charge on any atom is -0.269 e. The summed E-state index contributed by atoms with van der Waals surface area (Å²) >= 11 is 0. The van der Waals surface area contributed by atoms with E-state index in [1.165, 1.54) is 19.3 Å². The van der Waals surface area contributed by atoms with Crippen LogP contribution < -0.4 is 5.84 Å². The maximum atomic E-state index is 5.47. The molecule has 8 heavy (non-hydrogen) atoms. The fraction of sp³-hybridized carbons (Fsp3) is 1.00. The van der Waals surface area contributed by atoms with Crippen LogP contribution in [0.2, 0.25) is 0 Å². The normalized spacial score (nSPS) is 22.1. The predicted molar refractivity (Wildman–Crippen MR) is 39.9 cm³/mol. The van der Waals surface area contributed by atoms with Crippen LogP contribution in [0.4, 0.5) is 0 Å². The van der Waals surface area contributed by atoms with Gasteiger partial charge in [0.2, 0.25) is 0 Å². The lowest BCUT2D eigenvalue weighted by Crippen LogP contribution is -2.35. The average molecular weight is 181 g/mol. The van der Waals surface area contributed by atoms with E-state index < -0.39 is 0 Å². The number of hydrogen-bond acceptors (Lipinski definition) is 2. The van der Waals surface area contributed by atoms with Crippen molar-refractivity contribution in [2.45, 2.75) is 19.3 Å². The van der Waals surface area contributed by atoms with Gasteiger partial charge in [0.15, 0.2) is 0 Å². The lowest BCUT2D eigenvalue weighted by atomic mass is 10.2. The fourth-order valence-corrected chi connectivity index (χ4v) is 0.918. The van der Waals surface area contributed by atoms with Crippen molar-refractivity contribution in [3.05, 3.63) is 0 Å². The van der Waals surface area contributed by atoms with E-state index in [4.69, 9.17) is 5.84 Å². The Bertz CT molecular complexity index is 52.4. The van der Waals surface area contributed by atoms with Crippen molar-refractivity contribution in [3.63, 3.8) is 0 Å². The van der Waals surface area contributed by atoms with E-state index in [1.807, 2.05) is 5.01 Å². The van der Waals surface area contributed by atoms with Gasteiger partial charge in [-0.3, -0.25) is 5.84 Å². The number of nitrogens with zero attached hydrogens (tertiary/aromatic N) is 1. The van der Waals surface area contributed by atoms with Crippen LogP contribution in [0.15, 0.2) is 0 Å². The molecule has 3 heteroatoms. The van der Waals surface area contributed by atoms with Crippen LogP contribution in [-0.4, -0.2) is 18.1 Å². The van der Waals surface area contributed by atoms with E-state index in [0.717, 1.165) is 13.1 Å². The summed E-state index contributed by atoms with van der Waals surface area (Å²) in [4.78, 5) is 0. The van der Waals surface area contributed by atoms with E-state index in [2.05, 4.69) is 0 Å². The lowest BCUT2D eigenvalue weighted by molar-refractivity contribution is 0.235. The molecule has 0 radical (unpaired) electrons. The third-order valence-electron chi connectivity index (χ3n) is 1.39. The Morgan fingerprint density at radius 1 is 1.00 bits per heavy atom. The van der Waals surface area contributed by atoms with Gasteiger partial charge in [-0.15, -0.1) is 17.0 Å². The molecule has 1 heterocycles. The molecule has 2 nitrogen and oxygen atoms in total. The summed E-state index contributed by atoms with van der Waals surface area (Å²) in [6.07, 6.45) is 3.95. The third-order valence-corrected chi connectivity index (χ3v) is 1.39. The van der Waals surface area contributed by atoms with Gasteiger partial charge < -0.3 is 0 Å². The first-order valence-electron chi connectivity index (χ1n) is 2.89. The van der Waals surface area contributed by atoms with Crippen LogP contribution in [-0.2, 0) is 0 Å². The number of halogens is 1. The number of nitrogens with two attached hydrogens (primary N) is 1. The Morgan fingerprint density at radius 3 is 1.75 bits per heavy atom. The fourth-order valence-electron chi connectivity index (χ4n) is 0.918. The summed E-state index contributed by atoms with van der Waals surface area (Å²) in [6.45, 7) is 2.19. The summed E-state index contributed by atoms with van der Waals surface area (Å²) in [7, 11) is 0. The Morgan fingerprint density at radius 2 is 1.50 bits per heavy atom. The van der Waals surface area contributed by atoms with Crippen molar-refractivity contribution >= 4 is 17.0 Å². The van der Waals surface area contributed by atoms with Gasteiger partial charge in [-0.25, -0.2) is 5.01 Å². The van der Waals surface area contributed by atoms with Crippen LogP contribution in [0.5, 0.6) is 0 Å². The van der Waals surface area contributed by atoms with Crippen LogP contribution >= 0.6 is 17.0 Å². The summed E-state index contributed by atoms with van der Waals surface area (Å²) in [5.74, 6) is 5.47. The van der Waals surface area contributed by atoms with E-state index in [-0.39, 0.29) is 17.0 Å². The molecule has 1 saturated heterocycles. The standard InChI is InChI=1S/C5H12N2.BrH/c6-7-4-2-1-3-5-7;/h1-6H2;1H. The molecule has 0 aromatic carbocycles. The number of rotatable bonds is 0. The molecule has 0 aromatic heterocycles. The van der Waals surface area contributed by atoms with Crippen LogP contribution in [0.3, 0.4) is 0 Å². The minimum absolute atomic E-state index is 0. The van der Waals surface area contributed by atoms with Gasteiger partial charge in [-0.1, -0.05) is 6.42 Å². The first-order chi connectivity index (χ1) is 3.39. The Hall–Kier alpha value is 0.400. The number of hydrogen-bond donors (Lipinski definition) is 1. The Kier molecular flexibility index (Phi) is 4.51. The quantitative estimate of drug-likeness (QED) is 0.563. The second-order valence-electron chi connectivity index (χ2n) is 2.10. The first kappa shape index (κ1) is 8.40. The zero-order valence-corrected chi connectivity index (χ0v) is 6.68. The van der Waals surface area contributed by atoms with Gasteiger partial charge in [0, 0.05) is 13.1 Å². The molecule has 0 saturated carbocycles. The minimum atomic E-state index is 0. The summed E-state index contributed by atoms with van der Waals surface area (Å²) in [5, 5.41) is 1.89. The monoisotopic (exact) mass is 180 g/mol. The van der Waals surface area contributed by atoms with E-state index in [1.54, 1.807) is 0 Å². The Balaban J connectivity index is 0.000000490. The maximum Gasteiger partial charge on any atom is 0.0128 e. The topological polar surface area (TPSA) is 29.3 Å². The molecule has 0 aliphatic carbocycles. The highest BCUT2D eigenvalue weighted by Crippen LogP contribution is 2.03. The van der Waals surface area contributed by atoms with Crippen molar-refractivity contribution in [2.75, 3.05) is 13.1 Å². The second-order valence-corrected chi connectivity index (χ2v) is 2.10. The molecule has 0 bridgehead atoms. The lowest BCUT2D eigenvalue weighted by Gasteiger charge is -2.20. The van der Waals surface area contributed by atoms with Gasteiger partial charge in [0.05, 0.1) is 0 Å². The van der Waals surface area contributed by atoms with Gasteiger partial charge in [0.1, 0.15) is 0 Å². The van der Waals surface area contributed by atoms with Crippen LogP contribution in [0.25, 0.3) is 0 Å². The van der Waals surface area contributed by atoms with Crippen molar-refractivity contribution in [1.29, 1.82) is 0 Å². The molecule has 0 amide bonds. The summed E-state index contributed by atoms with van der Waals surface area (Å²) < 4.78 is 0. The van der Waals surface area contributed by atoms with Crippen LogP contribution in [0, 0.1) is 0 Å². The van der Waals surface area contributed by atoms with E-state index >= 15 is 0 Å². The predicted octanol–water partition coefficient (Wildman–Crippen LogP) is 0.924. The zero-order chi connectivity index (χ0) is 5.11. The zero-order valence-electron chi connectivity index (χ0n) is 4.97. The van der Waals surface area contributed by atoms with Gasteiger partial charge >= 0.3 is 0 Å². The maximum absolute atomic E-state index is 5.47. The van der Waals surface area contributed by atoms with Crippen molar-refractivity contribution in [2.24, 2.45) is 5.84 Å². The van der Waals surface area contributed by atoms with Gasteiger partial charge in [-0.05, 0) is 12.8 Å². The highest BCUT2D eigenvalue weighted by Gasteiger charge is 2.02. The van der Waals surface area contributed by atoms with Crippen molar-refractivity contribution in [3.8, 4) is 0 Å². The Labute approximate surface area is 60.8 Å². The summed E-state index contributed by atoms with van der Waals surface area (Å²) in [5.41, 5.74) is 0. The highest BCUT2D eigenvalue weighted by atomic mass is 79.9. The molecule has 1 aliphatic heterocycles.